The molecule has 266 valence electrons. The normalized spacial score (nSPS) is 14.8. The van der Waals surface area contributed by atoms with Crippen LogP contribution in [0.3, 0.4) is 0 Å². The van der Waals surface area contributed by atoms with E-state index in [9.17, 15) is 31.2 Å². The molecule has 5 rings (SSSR count). The third-order valence-corrected chi connectivity index (χ3v) is 7.43. The first kappa shape index (κ1) is 36.9. The maximum absolute atomic E-state index is 13.4. The van der Waals surface area contributed by atoms with Crippen molar-refractivity contribution in [1.29, 1.82) is 0 Å². The minimum Gasteiger partial charge on any atom is -0.494 e. The summed E-state index contributed by atoms with van der Waals surface area (Å²) in [6.07, 6.45) is -0.673. The van der Waals surface area contributed by atoms with Gasteiger partial charge in [0.2, 0.25) is 21.9 Å². The number of nitrogens with zero attached hydrogens (tertiary/aromatic N) is 3. The van der Waals surface area contributed by atoms with Crippen molar-refractivity contribution in [1.82, 2.24) is 25.0 Å². The fourth-order valence-electron chi connectivity index (χ4n) is 4.36. The van der Waals surface area contributed by atoms with E-state index in [1.807, 2.05) is 24.3 Å². The molecule has 0 saturated heterocycles. The predicted molar refractivity (Wildman–Crippen MR) is 170 cm³/mol. The van der Waals surface area contributed by atoms with E-state index in [0.717, 1.165) is 38.2 Å². The van der Waals surface area contributed by atoms with Crippen molar-refractivity contribution in [2.24, 2.45) is 0 Å². The molecule has 4 N–H and O–H groups in total. The fraction of sp³-hybridized carbons (Fsp3) is 0.433. The number of carbonyl (C=O) groups excluding carboxylic acids is 2. The first-order valence-electron chi connectivity index (χ1n) is 15.1. The van der Waals surface area contributed by atoms with Crippen LogP contribution in [0.25, 0.3) is 0 Å². The zero-order chi connectivity index (χ0) is 35.4. The Balaban J connectivity index is 1.64. The van der Waals surface area contributed by atoms with Gasteiger partial charge >= 0.3 is 18.2 Å². The number of aromatic nitrogens is 3. The molecule has 19 heteroatoms. The average molecular weight is 712 g/mol. The van der Waals surface area contributed by atoms with Crippen molar-refractivity contribution in [3.63, 3.8) is 0 Å². The van der Waals surface area contributed by atoms with Crippen molar-refractivity contribution >= 4 is 39.5 Å². The van der Waals surface area contributed by atoms with Gasteiger partial charge in [0.1, 0.15) is 17.5 Å². The average Bonchev–Trinajstić information content (AvgIpc) is 3.05. The van der Waals surface area contributed by atoms with E-state index in [4.69, 9.17) is 18.9 Å². The molecular formula is C30H36F3N7O8S. The topological polar surface area (TPSA) is 192 Å². The number of anilines is 3. The number of alkyl halides is 3. The quantitative estimate of drug-likeness (QED) is 0.249. The van der Waals surface area contributed by atoms with Gasteiger partial charge in [-0.1, -0.05) is 12.1 Å². The van der Waals surface area contributed by atoms with Crippen LogP contribution in [0.4, 0.5) is 30.8 Å². The number of rotatable bonds is 8. The molecule has 1 atom stereocenters. The Morgan fingerprint density at radius 2 is 1.67 bits per heavy atom. The second-order valence-electron chi connectivity index (χ2n) is 10.8. The Morgan fingerprint density at radius 3 is 2.35 bits per heavy atom. The zero-order valence-electron chi connectivity index (χ0n) is 26.6. The molecule has 2 aliphatic rings. The van der Waals surface area contributed by atoms with Crippen LogP contribution in [0.5, 0.6) is 17.5 Å². The summed E-state index contributed by atoms with van der Waals surface area (Å²) >= 11 is 0. The largest absolute Gasteiger partial charge is 0.494 e. The molecule has 1 unspecified atom stereocenters. The van der Waals surface area contributed by atoms with E-state index in [1.54, 1.807) is 0 Å². The maximum atomic E-state index is 13.4. The van der Waals surface area contributed by atoms with E-state index in [0.29, 0.717) is 18.8 Å². The van der Waals surface area contributed by atoms with Gasteiger partial charge in [0, 0.05) is 24.8 Å². The molecule has 0 saturated carbocycles. The number of hydrogen-bond acceptors (Lipinski definition) is 13. The molecule has 0 radical (unpaired) electrons. The Hall–Kier alpha value is -4.91. The lowest BCUT2D eigenvalue weighted by Crippen LogP contribution is -2.48. The number of amides is 1. The third kappa shape index (κ3) is 12.6. The van der Waals surface area contributed by atoms with E-state index in [1.165, 1.54) is 18.2 Å². The number of carbonyl (C=O) groups is 2. The summed E-state index contributed by atoms with van der Waals surface area (Å²) in [5.41, 5.74) is 1.11. The van der Waals surface area contributed by atoms with Gasteiger partial charge in [-0.15, -0.1) is 0 Å². The molecule has 15 nitrogen and oxygen atoms in total. The first-order valence-corrected chi connectivity index (χ1v) is 17.0. The SMILES string of the molecule is COC(=O)C(CNS(C)(=O)=O)NC(=O)c1ccc2cc1OCCCCCCOc1ccc(cc1)CNc1nc(nc(OCC(F)(F)F)n1)N2. The molecular weight excluding hydrogens is 675 g/mol. The molecule has 2 aliphatic heterocycles. The van der Waals surface area contributed by atoms with Crippen molar-refractivity contribution < 1.29 is 50.1 Å². The third-order valence-electron chi connectivity index (χ3n) is 6.74. The van der Waals surface area contributed by atoms with Crippen molar-refractivity contribution in [3.05, 3.63) is 53.6 Å². The highest BCUT2D eigenvalue weighted by atomic mass is 32.2. The summed E-state index contributed by atoms with van der Waals surface area (Å²) in [5, 5.41) is 8.28. The monoisotopic (exact) mass is 711 g/mol. The molecule has 0 spiro atoms. The van der Waals surface area contributed by atoms with E-state index in [2.05, 4.69) is 35.6 Å². The number of esters is 1. The summed E-state index contributed by atoms with van der Waals surface area (Å²) in [6.45, 7) is -1.17. The van der Waals surface area contributed by atoms with E-state index in [-0.39, 0.29) is 42.0 Å². The van der Waals surface area contributed by atoms with Crippen LogP contribution in [0.15, 0.2) is 42.5 Å². The van der Waals surface area contributed by atoms with Gasteiger partial charge in [0.15, 0.2) is 6.61 Å². The van der Waals surface area contributed by atoms with Crippen LogP contribution in [0.1, 0.15) is 41.6 Å². The number of hydrogen-bond donors (Lipinski definition) is 4. The first-order chi connectivity index (χ1) is 23.3. The second-order valence-corrected chi connectivity index (χ2v) is 12.6. The summed E-state index contributed by atoms with van der Waals surface area (Å²) in [5.74, 6) is -1.15. The predicted octanol–water partition coefficient (Wildman–Crippen LogP) is 3.32. The Morgan fingerprint density at radius 1 is 0.980 bits per heavy atom. The lowest BCUT2D eigenvalue weighted by molar-refractivity contribution is -0.154. The van der Waals surface area contributed by atoms with Crippen molar-refractivity contribution in [2.75, 3.05) is 50.4 Å². The number of halogens is 3. The lowest BCUT2D eigenvalue weighted by Gasteiger charge is -2.19. The van der Waals surface area contributed by atoms with Crippen LogP contribution in [0, 0.1) is 0 Å². The van der Waals surface area contributed by atoms with E-state index >= 15 is 0 Å². The molecule has 3 aromatic rings. The van der Waals surface area contributed by atoms with Crippen LogP contribution in [0.2, 0.25) is 0 Å². The second kappa shape index (κ2) is 17.0. The van der Waals surface area contributed by atoms with Gasteiger partial charge < -0.3 is 34.9 Å². The number of sulfonamides is 1. The molecule has 0 fully saturated rings. The van der Waals surface area contributed by atoms with Gasteiger partial charge in [-0.05, 0) is 55.5 Å². The minimum atomic E-state index is -4.64. The van der Waals surface area contributed by atoms with E-state index < -0.39 is 53.3 Å². The highest BCUT2D eigenvalue weighted by molar-refractivity contribution is 7.88. The lowest BCUT2D eigenvalue weighted by atomic mass is 10.1. The van der Waals surface area contributed by atoms with Crippen LogP contribution in [-0.2, 0) is 26.1 Å². The Bertz CT molecular complexity index is 1700. The Labute approximate surface area is 280 Å². The number of ether oxygens (including phenoxy) is 4. The number of methoxy groups -OCH3 is 1. The molecule has 49 heavy (non-hydrogen) atoms. The number of nitrogens with one attached hydrogen (secondary N) is 4. The maximum Gasteiger partial charge on any atom is 0.422 e. The summed E-state index contributed by atoms with van der Waals surface area (Å²) in [6, 6.07) is 9.60. The molecule has 1 aromatic heterocycles. The highest BCUT2D eigenvalue weighted by Gasteiger charge is 2.29. The van der Waals surface area contributed by atoms with Crippen molar-refractivity contribution in [2.45, 2.75) is 44.4 Å². The molecule has 0 aliphatic carbocycles. The summed E-state index contributed by atoms with van der Waals surface area (Å²) < 4.78 is 85.4. The van der Waals surface area contributed by atoms with Crippen LogP contribution >= 0.6 is 0 Å². The Kier molecular flexibility index (Phi) is 12.8. The van der Waals surface area contributed by atoms with Crippen LogP contribution < -0.4 is 34.9 Å². The molecule has 6 bridgehead atoms. The zero-order valence-corrected chi connectivity index (χ0v) is 27.4. The fourth-order valence-corrected chi connectivity index (χ4v) is 4.83. The number of benzene rings is 2. The van der Waals surface area contributed by atoms with Crippen LogP contribution in [-0.4, -0.2) is 87.2 Å². The highest BCUT2D eigenvalue weighted by Crippen LogP contribution is 2.27. The van der Waals surface area contributed by atoms with Gasteiger partial charge in [-0.25, -0.2) is 17.9 Å². The summed E-state index contributed by atoms with van der Waals surface area (Å²) in [7, 11) is -2.60. The molecule has 1 amide bonds. The van der Waals surface area contributed by atoms with Gasteiger partial charge in [-0.3, -0.25) is 4.79 Å². The molecule has 3 heterocycles. The molecule has 2 aromatic carbocycles. The summed E-state index contributed by atoms with van der Waals surface area (Å²) in [4.78, 5) is 37.8. The van der Waals surface area contributed by atoms with Gasteiger partial charge in [0.05, 0.1) is 32.1 Å². The van der Waals surface area contributed by atoms with Gasteiger partial charge in [0.25, 0.3) is 5.91 Å². The van der Waals surface area contributed by atoms with Crippen molar-refractivity contribution in [3.8, 4) is 17.5 Å². The number of fused-ring (bicyclic) bond motifs is 10. The minimum absolute atomic E-state index is 0.00215. The van der Waals surface area contributed by atoms with Gasteiger partial charge in [-0.2, -0.15) is 28.1 Å². The standard InChI is InChI=1S/C30H36F3N7O8S/c1-45-26(42)23(17-35-49(2,43)44)37-25(41)22-12-9-20-15-24(22)47-14-6-4-3-5-13-46-21-10-7-19(8-11-21)16-34-27-38-28(36-20)40-29(39-27)48-18-30(31,32)33/h7-12,15,23,35H,3-6,13-14,16-18H2,1-2H3,(H,37,41)(H2,34,36,38,39,40). The smallest absolute Gasteiger partial charge is 0.422 e.